The van der Waals surface area contributed by atoms with E-state index in [-0.39, 0.29) is 0 Å². The number of aryl methyl sites for hydroxylation is 1. The standard InChI is InChI=1S/C13H12BrNS/c1-9-6-10(15)8-11(7-9)16-13-5-3-2-4-12(13)14/h2-8H,15H2,1H3. The third kappa shape index (κ3) is 2.80. The lowest BCUT2D eigenvalue weighted by atomic mass is 10.2. The zero-order valence-electron chi connectivity index (χ0n) is 8.91. The molecular formula is C13H12BrNS. The molecule has 0 aliphatic rings. The van der Waals surface area contributed by atoms with Crippen LogP contribution < -0.4 is 5.73 Å². The molecule has 0 aliphatic carbocycles. The summed E-state index contributed by atoms with van der Waals surface area (Å²) in [5, 5.41) is 0. The fourth-order valence-corrected chi connectivity index (χ4v) is 3.02. The molecule has 2 N–H and O–H groups in total. The first kappa shape index (κ1) is 11.6. The van der Waals surface area contributed by atoms with Gasteiger partial charge in [-0.05, 0) is 58.7 Å². The summed E-state index contributed by atoms with van der Waals surface area (Å²) in [5.74, 6) is 0. The van der Waals surface area contributed by atoms with Crippen molar-refractivity contribution in [2.75, 3.05) is 5.73 Å². The lowest BCUT2D eigenvalue weighted by Gasteiger charge is -2.06. The van der Waals surface area contributed by atoms with Crippen molar-refractivity contribution in [1.82, 2.24) is 0 Å². The first-order valence-electron chi connectivity index (χ1n) is 4.95. The molecule has 0 saturated heterocycles. The average Bonchev–Trinajstić information content (AvgIpc) is 2.20. The maximum atomic E-state index is 5.83. The Morgan fingerprint density at radius 2 is 1.88 bits per heavy atom. The predicted octanol–water partition coefficient (Wildman–Crippen LogP) is 4.49. The van der Waals surface area contributed by atoms with Crippen molar-refractivity contribution >= 4 is 33.4 Å². The van der Waals surface area contributed by atoms with Gasteiger partial charge in [0.1, 0.15) is 0 Å². The first-order chi connectivity index (χ1) is 7.65. The van der Waals surface area contributed by atoms with Gasteiger partial charge >= 0.3 is 0 Å². The van der Waals surface area contributed by atoms with Crippen LogP contribution in [0.3, 0.4) is 0 Å². The molecule has 0 atom stereocenters. The van der Waals surface area contributed by atoms with Crippen LogP contribution in [0.2, 0.25) is 0 Å². The van der Waals surface area contributed by atoms with Crippen molar-refractivity contribution in [2.24, 2.45) is 0 Å². The summed E-state index contributed by atoms with van der Waals surface area (Å²) in [7, 11) is 0. The quantitative estimate of drug-likeness (QED) is 0.826. The zero-order chi connectivity index (χ0) is 11.5. The van der Waals surface area contributed by atoms with E-state index in [9.17, 15) is 0 Å². The summed E-state index contributed by atoms with van der Waals surface area (Å²) in [6.45, 7) is 2.06. The van der Waals surface area contributed by atoms with Crippen molar-refractivity contribution < 1.29 is 0 Å². The predicted molar refractivity (Wildman–Crippen MR) is 73.9 cm³/mol. The minimum Gasteiger partial charge on any atom is -0.399 e. The summed E-state index contributed by atoms with van der Waals surface area (Å²) < 4.78 is 1.11. The Morgan fingerprint density at radius 3 is 2.56 bits per heavy atom. The SMILES string of the molecule is Cc1cc(N)cc(Sc2ccccc2Br)c1. The van der Waals surface area contributed by atoms with Gasteiger partial charge in [0.25, 0.3) is 0 Å². The van der Waals surface area contributed by atoms with Crippen LogP contribution in [0.5, 0.6) is 0 Å². The minimum atomic E-state index is 0.814. The fourth-order valence-electron chi connectivity index (χ4n) is 1.49. The van der Waals surface area contributed by atoms with E-state index in [2.05, 4.69) is 35.0 Å². The van der Waals surface area contributed by atoms with Crippen molar-refractivity contribution in [3.63, 3.8) is 0 Å². The second kappa shape index (κ2) is 4.93. The van der Waals surface area contributed by atoms with E-state index in [1.54, 1.807) is 11.8 Å². The van der Waals surface area contributed by atoms with Crippen LogP contribution in [0.15, 0.2) is 56.7 Å². The van der Waals surface area contributed by atoms with Crippen LogP contribution in [-0.4, -0.2) is 0 Å². The molecule has 0 fully saturated rings. The number of nitrogen functional groups attached to an aromatic ring is 1. The van der Waals surface area contributed by atoms with Crippen molar-refractivity contribution in [3.8, 4) is 0 Å². The fraction of sp³-hybridized carbons (Fsp3) is 0.0769. The highest BCUT2D eigenvalue weighted by Gasteiger charge is 2.02. The Hall–Kier alpha value is -0.930. The Morgan fingerprint density at radius 1 is 1.12 bits per heavy atom. The normalized spacial score (nSPS) is 10.4. The third-order valence-corrected chi connectivity index (χ3v) is 4.14. The molecule has 2 aromatic rings. The summed E-state index contributed by atoms with van der Waals surface area (Å²) >= 11 is 5.25. The number of anilines is 1. The molecule has 0 saturated carbocycles. The highest BCUT2D eigenvalue weighted by molar-refractivity contribution is 9.10. The lowest BCUT2D eigenvalue weighted by Crippen LogP contribution is -1.86. The molecule has 3 heteroatoms. The van der Waals surface area contributed by atoms with Crippen molar-refractivity contribution in [2.45, 2.75) is 16.7 Å². The maximum absolute atomic E-state index is 5.83. The molecule has 0 unspecified atom stereocenters. The van der Waals surface area contributed by atoms with Gasteiger partial charge in [-0.3, -0.25) is 0 Å². The maximum Gasteiger partial charge on any atom is 0.0328 e. The zero-order valence-corrected chi connectivity index (χ0v) is 11.3. The number of nitrogens with two attached hydrogens (primary N) is 1. The molecule has 0 bridgehead atoms. The van der Waals surface area contributed by atoms with Crippen LogP contribution >= 0.6 is 27.7 Å². The van der Waals surface area contributed by atoms with Gasteiger partial charge in [0.05, 0.1) is 0 Å². The number of halogens is 1. The number of rotatable bonds is 2. The van der Waals surface area contributed by atoms with Crippen LogP contribution in [0.25, 0.3) is 0 Å². The molecule has 0 radical (unpaired) electrons. The van der Waals surface area contributed by atoms with E-state index in [4.69, 9.17) is 5.73 Å². The Balaban J connectivity index is 2.30. The van der Waals surface area contributed by atoms with Crippen LogP contribution in [-0.2, 0) is 0 Å². The van der Waals surface area contributed by atoms with Crippen LogP contribution in [0.4, 0.5) is 5.69 Å². The minimum absolute atomic E-state index is 0.814. The van der Waals surface area contributed by atoms with E-state index >= 15 is 0 Å². The van der Waals surface area contributed by atoms with Gasteiger partial charge in [-0.25, -0.2) is 0 Å². The summed E-state index contributed by atoms with van der Waals surface area (Å²) in [6.07, 6.45) is 0. The molecule has 0 spiro atoms. The lowest BCUT2D eigenvalue weighted by molar-refractivity contribution is 1.34. The molecule has 0 heterocycles. The smallest absolute Gasteiger partial charge is 0.0328 e. The van der Waals surface area contributed by atoms with Gasteiger partial charge in [-0.15, -0.1) is 0 Å². The Labute approximate surface area is 108 Å². The Bertz CT molecular complexity index is 491. The van der Waals surface area contributed by atoms with E-state index in [1.807, 2.05) is 30.3 Å². The van der Waals surface area contributed by atoms with E-state index in [0.29, 0.717) is 0 Å². The summed E-state index contributed by atoms with van der Waals surface area (Å²) in [5.41, 5.74) is 7.83. The van der Waals surface area contributed by atoms with E-state index in [0.717, 1.165) is 10.2 Å². The monoisotopic (exact) mass is 293 g/mol. The van der Waals surface area contributed by atoms with Gasteiger partial charge in [-0.2, -0.15) is 0 Å². The molecule has 2 rings (SSSR count). The van der Waals surface area contributed by atoms with Gasteiger partial charge in [0, 0.05) is 20.0 Å². The van der Waals surface area contributed by atoms with Crippen LogP contribution in [0.1, 0.15) is 5.56 Å². The molecule has 82 valence electrons. The van der Waals surface area contributed by atoms with E-state index < -0.39 is 0 Å². The summed E-state index contributed by atoms with van der Waals surface area (Å²) in [4.78, 5) is 2.37. The molecule has 16 heavy (non-hydrogen) atoms. The third-order valence-electron chi connectivity index (χ3n) is 2.14. The van der Waals surface area contributed by atoms with Crippen molar-refractivity contribution in [1.29, 1.82) is 0 Å². The number of hydrogen-bond donors (Lipinski definition) is 1. The summed E-state index contributed by atoms with van der Waals surface area (Å²) in [6, 6.07) is 14.3. The van der Waals surface area contributed by atoms with Gasteiger partial charge in [0.2, 0.25) is 0 Å². The first-order valence-corrected chi connectivity index (χ1v) is 6.55. The number of hydrogen-bond acceptors (Lipinski definition) is 2. The average molecular weight is 294 g/mol. The van der Waals surface area contributed by atoms with Crippen LogP contribution in [0, 0.1) is 6.92 Å². The molecule has 0 aromatic heterocycles. The topological polar surface area (TPSA) is 26.0 Å². The molecule has 1 nitrogen and oxygen atoms in total. The van der Waals surface area contributed by atoms with E-state index in [1.165, 1.54) is 15.4 Å². The molecule has 0 aliphatic heterocycles. The van der Waals surface area contributed by atoms with Gasteiger partial charge < -0.3 is 5.73 Å². The highest BCUT2D eigenvalue weighted by Crippen LogP contribution is 2.34. The molecular weight excluding hydrogens is 282 g/mol. The largest absolute Gasteiger partial charge is 0.399 e. The molecule has 0 amide bonds. The highest BCUT2D eigenvalue weighted by atomic mass is 79.9. The Kier molecular flexibility index (Phi) is 3.56. The van der Waals surface area contributed by atoms with Gasteiger partial charge in [0.15, 0.2) is 0 Å². The number of benzene rings is 2. The molecule has 2 aromatic carbocycles. The van der Waals surface area contributed by atoms with Gasteiger partial charge in [-0.1, -0.05) is 23.9 Å². The van der Waals surface area contributed by atoms with Crippen molar-refractivity contribution in [3.05, 3.63) is 52.5 Å². The second-order valence-electron chi connectivity index (χ2n) is 3.61. The second-order valence-corrected chi connectivity index (χ2v) is 5.58.